The first-order valence-corrected chi connectivity index (χ1v) is 9.56. The summed E-state index contributed by atoms with van der Waals surface area (Å²) in [5.74, 6) is -1.42. The Hall–Kier alpha value is -2.51. The first-order valence-electron chi connectivity index (χ1n) is 8.74. The number of hydrogen-bond donors (Lipinski definition) is 2. The number of para-hydroxylation sites is 1. The Morgan fingerprint density at radius 3 is 2.70 bits per heavy atom. The normalized spacial score (nSPS) is 22.9. The summed E-state index contributed by atoms with van der Waals surface area (Å²) in [4.78, 5) is 18.8. The van der Waals surface area contributed by atoms with Gasteiger partial charge in [0.1, 0.15) is 11.2 Å². The Labute approximate surface area is 159 Å². The second-order valence-electron chi connectivity index (χ2n) is 6.95. The molecule has 1 aliphatic heterocycles. The van der Waals surface area contributed by atoms with Crippen LogP contribution in [0.25, 0.3) is 10.2 Å². The Balaban J connectivity index is 1.67. The summed E-state index contributed by atoms with van der Waals surface area (Å²) in [6.07, 6.45) is -0.514. The Bertz CT molecular complexity index is 942. The molecule has 5 nitrogen and oxygen atoms in total. The molecule has 2 N–H and O–H groups in total. The number of halogens is 1. The molecule has 0 saturated carbocycles. The number of anilines is 1. The standard InChI is InChI=1S/C20H19FN2O3S/c21-14-7-5-13(6-8-14)11-20(18(25)26)12-23(10-9-17(20)24)19-22-15-3-1-2-4-16(15)27-19/h1-8,17,24H,9-12H2,(H,25,26)/t17-,20-/m1/s1. The van der Waals surface area contributed by atoms with Gasteiger partial charge in [0.05, 0.1) is 16.3 Å². The van der Waals surface area contributed by atoms with Crippen LogP contribution in [0.1, 0.15) is 12.0 Å². The van der Waals surface area contributed by atoms with Crippen molar-refractivity contribution in [3.05, 3.63) is 59.9 Å². The van der Waals surface area contributed by atoms with Crippen molar-refractivity contribution in [1.82, 2.24) is 4.98 Å². The van der Waals surface area contributed by atoms with Crippen molar-refractivity contribution in [2.24, 2.45) is 5.41 Å². The van der Waals surface area contributed by atoms with Gasteiger partial charge in [-0.1, -0.05) is 35.6 Å². The zero-order chi connectivity index (χ0) is 19.0. The molecular formula is C20H19FN2O3S. The average Bonchev–Trinajstić information content (AvgIpc) is 3.09. The number of aliphatic hydroxyl groups is 1. The van der Waals surface area contributed by atoms with Gasteiger partial charge >= 0.3 is 5.97 Å². The molecule has 1 aromatic heterocycles. The number of nitrogens with zero attached hydrogens (tertiary/aromatic N) is 2. The number of aliphatic hydroxyl groups excluding tert-OH is 1. The van der Waals surface area contributed by atoms with E-state index in [-0.39, 0.29) is 18.8 Å². The number of rotatable bonds is 4. The third-order valence-electron chi connectivity index (χ3n) is 5.20. The van der Waals surface area contributed by atoms with E-state index in [4.69, 9.17) is 0 Å². The second-order valence-corrected chi connectivity index (χ2v) is 7.96. The SMILES string of the molecule is O=C(O)[C@]1(Cc2ccc(F)cc2)CN(c2nc3ccccc3s2)CC[C@H]1O. The number of fused-ring (bicyclic) bond motifs is 1. The molecule has 2 atom stereocenters. The van der Waals surface area contributed by atoms with E-state index in [2.05, 4.69) is 4.98 Å². The summed E-state index contributed by atoms with van der Waals surface area (Å²) < 4.78 is 14.2. The number of hydrogen-bond acceptors (Lipinski definition) is 5. The third-order valence-corrected chi connectivity index (χ3v) is 6.29. The Morgan fingerprint density at radius 1 is 1.26 bits per heavy atom. The summed E-state index contributed by atoms with van der Waals surface area (Å²) in [7, 11) is 0. The Kier molecular flexibility index (Phi) is 4.57. The number of thiazole rings is 1. The molecule has 0 amide bonds. The first kappa shape index (κ1) is 17.9. The third kappa shape index (κ3) is 3.28. The lowest BCUT2D eigenvalue weighted by Crippen LogP contribution is -2.57. The minimum atomic E-state index is -1.37. The molecule has 1 saturated heterocycles. The van der Waals surface area contributed by atoms with Crippen LogP contribution in [0.3, 0.4) is 0 Å². The predicted molar refractivity (Wildman–Crippen MR) is 103 cm³/mol. The number of carboxylic acids is 1. The minimum Gasteiger partial charge on any atom is -0.481 e. The molecular weight excluding hydrogens is 367 g/mol. The molecule has 0 bridgehead atoms. The topological polar surface area (TPSA) is 73.7 Å². The molecule has 3 aromatic rings. The number of carboxylic acid groups (broad SMARTS) is 1. The van der Waals surface area contributed by atoms with Gasteiger partial charge in [0.15, 0.2) is 5.13 Å². The molecule has 0 unspecified atom stereocenters. The van der Waals surface area contributed by atoms with Gasteiger partial charge in [0.2, 0.25) is 0 Å². The fourth-order valence-corrected chi connectivity index (χ4v) is 4.65. The maximum absolute atomic E-state index is 13.2. The van der Waals surface area contributed by atoms with Gasteiger partial charge in [-0.3, -0.25) is 4.79 Å². The molecule has 27 heavy (non-hydrogen) atoms. The van der Waals surface area contributed by atoms with Crippen molar-refractivity contribution in [1.29, 1.82) is 0 Å². The molecule has 7 heteroatoms. The van der Waals surface area contributed by atoms with Gasteiger partial charge < -0.3 is 15.1 Å². The molecule has 1 aliphatic rings. The predicted octanol–water partition coefficient (Wildman–Crippen LogP) is 3.32. The van der Waals surface area contributed by atoms with Crippen molar-refractivity contribution in [3.63, 3.8) is 0 Å². The maximum atomic E-state index is 13.2. The lowest BCUT2D eigenvalue weighted by Gasteiger charge is -2.43. The van der Waals surface area contributed by atoms with E-state index in [9.17, 15) is 19.4 Å². The highest BCUT2D eigenvalue weighted by atomic mass is 32.1. The molecule has 0 spiro atoms. The van der Waals surface area contributed by atoms with Crippen LogP contribution in [-0.2, 0) is 11.2 Å². The van der Waals surface area contributed by atoms with Gasteiger partial charge in [0.25, 0.3) is 0 Å². The first-order chi connectivity index (χ1) is 13.0. The van der Waals surface area contributed by atoms with Crippen molar-refractivity contribution in [2.75, 3.05) is 18.0 Å². The zero-order valence-corrected chi connectivity index (χ0v) is 15.3. The largest absolute Gasteiger partial charge is 0.481 e. The number of piperidine rings is 1. The van der Waals surface area contributed by atoms with Crippen molar-refractivity contribution in [2.45, 2.75) is 18.9 Å². The molecule has 0 aliphatic carbocycles. The van der Waals surface area contributed by atoms with Gasteiger partial charge in [-0.15, -0.1) is 0 Å². The molecule has 4 rings (SSSR count). The van der Waals surface area contributed by atoms with Gasteiger partial charge in [0, 0.05) is 13.1 Å². The van der Waals surface area contributed by atoms with Crippen molar-refractivity contribution in [3.8, 4) is 0 Å². The second kappa shape index (κ2) is 6.90. The van der Waals surface area contributed by atoms with E-state index in [1.54, 1.807) is 12.1 Å². The highest BCUT2D eigenvalue weighted by Gasteiger charge is 2.49. The summed E-state index contributed by atoms with van der Waals surface area (Å²) in [6.45, 7) is 0.695. The summed E-state index contributed by atoms with van der Waals surface area (Å²) >= 11 is 1.52. The number of aliphatic carboxylic acids is 1. The lowest BCUT2D eigenvalue weighted by atomic mass is 9.73. The van der Waals surface area contributed by atoms with Crippen molar-refractivity contribution < 1.29 is 19.4 Å². The van der Waals surface area contributed by atoms with Crippen LogP contribution in [0.4, 0.5) is 9.52 Å². The fourth-order valence-electron chi connectivity index (χ4n) is 3.66. The average molecular weight is 386 g/mol. The lowest BCUT2D eigenvalue weighted by molar-refractivity contribution is -0.157. The van der Waals surface area contributed by atoms with Crippen molar-refractivity contribution >= 4 is 32.7 Å². The van der Waals surface area contributed by atoms with Crippen LogP contribution in [0.2, 0.25) is 0 Å². The van der Waals surface area contributed by atoms with Gasteiger partial charge in [-0.05, 0) is 42.7 Å². The van der Waals surface area contributed by atoms with E-state index in [1.807, 2.05) is 29.2 Å². The highest BCUT2D eigenvalue weighted by Crippen LogP contribution is 2.38. The highest BCUT2D eigenvalue weighted by molar-refractivity contribution is 7.22. The van der Waals surface area contributed by atoms with Crippen LogP contribution in [0.15, 0.2) is 48.5 Å². The van der Waals surface area contributed by atoms with E-state index in [0.717, 1.165) is 15.3 Å². The molecule has 140 valence electrons. The monoisotopic (exact) mass is 386 g/mol. The van der Waals surface area contributed by atoms with Gasteiger partial charge in [-0.25, -0.2) is 9.37 Å². The minimum absolute atomic E-state index is 0.130. The van der Waals surface area contributed by atoms with E-state index in [0.29, 0.717) is 18.5 Å². The summed E-state index contributed by atoms with van der Waals surface area (Å²) in [6, 6.07) is 13.5. The maximum Gasteiger partial charge on any atom is 0.314 e. The summed E-state index contributed by atoms with van der Waals surface area (Å²) in [5.41, 5.74) is 0.195. The van der Waals surface area contributed by atoms with Crippen LogP contribution in [-0.4, -0.2) is 40.4 Å². The number of benzene rings is 2. The quantitative estimate of drug-likeness (QED) is 0.720. The van der Waals surface area contributed by atoms with Crippen LogP contribution in [0.5, 0.6) is 0 Å². The Morgan fingerprint density at radius 2 is 2.00 bits per heavy atom. The zero-order valence-electron chi connectivity index (χ0n) is 14.5. The fraction of sp³-hybridized carbons (Fsp3) is 0.300. The van der Waals surface area contributed by atoms with Crippen LogP contribution < -0.4 is 4.90 Å². The van der Waals surface area contributed by atoms with Crippen LogP contribution in [0, 0.1) is 11.2 Å². The summed E-state index contributed by atoms with van der Waals surface area (Å²) in [5, 5.41) is 21.4. The van der Waals surface area contributed by atoms with Gasteiger partial charge in [-0.2, -0.15) is 0 Å². The molecule has 0 radical (unpaired) electrons. The molecule has 2 aromatic carbocycles. The van der Waals surface area contributed by atoms with E-state index < -0.39 is 17.5 Å². The molecule has 2 heterocycles. The van der Waals surface area contributed by atoms with E-state index in [1.165, 1.54) is 23.5 Å². The smallest absolute Gasteiger partial charge is 0.314 e. The van der Waals surface area contributed by atoms with E-state index >= 15 is 0 Å². The number of aromatic nitrogens is 1. The number of carbonyl (C=O) groups is 1. The van der Waals surface area contributed by atoms with Crippen LogP contribution >= 0.6 is 11.3 Å². The molecule has 1 fully saturated rings.